The van der Waals surface area contributed by atoms with Crippen molar-refractivity contribution in [3.8, 4) is 0 Å². The topological polar surface area (TPSA) is 85.0 Å². The van der Waals surface area contributed by atoms with Crippen molar-refractivity contribution < 1.29 is 4.79 Å². The summed E-state index contributed by atoms with van der Waals surface area (Å²) in [5.74, 6) is -0.144. The quantitative estimate of drug-likeness (QED) is 0.698. The molecule has 0 fully saturated rings. The largest absolute Gasteiger partial charge is 0.397 e. The molecule has 0 atom stereocenters. The summed E-state index contributed by atoms with van der Waals surface area (Å²) in [6.07, 6.45) is 6.48. The molecule has 102 valence electrons. The van der Waals surface area contributed by atoms with Gasteiger partial charge in [-0.1, -0.05) is 0 Å². The Morgan fingerprint density at radius 1 is 1.58 bits per heavy atom. The molecule has 0 aliphatic heterocycles. The first kappa shape index (κ1) is 13.4. The molecule has 4 N–H and O–H groups in total. The van der Waals surface area contributed by atoms with Crippen LogP contribution in [0.1, 0.15) is 16.1 Å². The number of thiophene rings is 1. The van der Waals surface area contributed by atoms with Crippen LogP contribution in [0, 0.1) is 0 Å². The van der Waals surface area contributed by atoms with Crippen LogP contribution in [-0.2, 0) is 6.54 Å². The van der Waals surface area contributed by atoms with Gasteiger partial charge >= 0.3 is 0 Å². The third-order valence-corrected chi connectivity index (χ3v) is 3.75. The van der Waals surface area contributed by atoms with Crippen LogP contribution in [0.15, 0.2) is 24.8 Å². The molecule has 0 unspecified atom stereocenters. The van der Waals surface area contributed by atoms with Crippen molar-refractivity contribution in [2.24, 2.45) is 0 Å². The molecule has 19 heavy (non-hydrogen) atoms. The van der Waals surface area contributed by atoms with Crippen molar-refractivity contribution in [1.29, 1.82) is 0 Å². The maximum Gasteiger partial charge on any atom is 0.263 e. The molecular formula is C12H17N5OS. The van der Waals surface area contributed by atoms with E-state index in [4.69, 9.17) is 5.73 Å². The molecule has 0 bridgehead atoms. The predicted molar refractivity (Wildman–Crippen MR) is 77.5 cm³/mol. The number of hydrogen-bond donors (Lipinski definition) is 3. The van der Waals surface area contributed by atoms with E-state index < -0.39 is 0 Å². The maximum atomic E-state index is 11.5. The van der Waals surface area contributed by atoms with Crippen molar-refractivity contribution >= 4 is 27.9 Å². The molecule has 0 spiro atoms. The first-order valence-electron chi connectivity index (χ1n) is 6.01. The van der Waals surface area contributed by atoms with Crippen LogP contribution in [0.4, 0.5) is 10.7 Å². The van der Waals surface area contributed by atoms with Gasteiger partial charge in [0, 0.05) is 32.5 Å². The highest BCUT2D eigenvalue weighted by molar-refractivity contribution is 7.18. The molecule has 2 aromatic rings. The van der Waals surface area contributed by atoms with Gasteiger partial charge in [-0.2, -0.15) is 0 Å². The van der Waals surface area contributed by atoms with Crippen molar-refractivity contribution in [3.05, 3.63) is 29.7 Å². The van der Waals surface area contributed by atoms with Crippen molar-refractivity contribution in [3.63, 3.8) is 0 Å². The molecule has 0 aromatic carbocycles. The van der Waals surface area contributed by atoms with Crippen molar-refractivity contribution in [2.75, 3.05) is 24.6 Å². The lowest BCUT2D eigenvalue weighted by Crippen LogP contribution is -2.17. The number of imidazole rings is 1. The monoisotopic (exact) mass is 279 g/mol. The van der Waals surface area contributed by atoms with Crippen LogP contribution in [0.25, 0.3) is 0 Å². The van der Waals surface area contributed by atoms with Gasteiger partial charge in [-0.05, 0) is 12.5 Å². The first-order valence-corrected chi connectivity index (χ1v) is 6.83. The number of nitrogen functional groups attached to an aromatic ring is 1. The molecule has 0 aliphatic carbocycles. The molecular weight excluding hydrogens is 262 g/mol. The molecule has 1 amide bonds. The summed E-state index contributed by atoms with van der Waals surface area (Å²) < 4.78 is 2.03. The van der Waals surface area contributed by atoms with Crippen LogP contribution >= 0.6 is 11.3 Å². The standard InChI is InChI=1S/C12H17N5OS/c1-14-12(18)11-9(13)7-10(19-11)16-3-2-5-17-6-4-15-8-17/h4,6-8,16H,2-3,5,13H2,1H3,(H,14,18). The Morgan fingerprint density at radius 2 is 2.42 bits per heavy atom. The van der Waals surface area contributed by atoms with E-state index in [1.165, 1.54) is 11.3 Å². The predicted octanol–water partition coefficient (Wildman–Crippen LogP) is 1.39. The SMILES string of the molecule is CNC(=O)c1sc(NCCCn2ccnc2)cc1N. The minimum Gasteiger partial charge on any atom is -0.397 e. The van der Waals surface area contributed by atoms with Crippen LogP contribution in [-0.4, -0.2) is 29.1 Å². The van der Waals surface area contributed by atoms with E-state index in [0.29, 0.717) is 10.6 Å². The fraction of sp³-hybridized carbons (Fsp3) is 0.333. The third kappa shape index (κ3) is 3.47. The third-order valence-electron chi connectivity index (χ3n) is 2.65. The number of aromatic nitrogens is 2. The molecule has 0 radical (unpaired) electrons. The highest BCUT2D eigenvalue weighted by atomic mass is 32.1. The summed E-state index contributed by atoms with van der Waals surface area (Å²) in [6, 6.07) is 1.80. The number of carbonyl (C=O) groups is 1. The highest BCUT2D eigenvalue weighted by Crippen LogP contribution is 2.28. The summed E-state index contributed by atoms with van der Waals surface area (Å²) in [7, 11) is 1.60. The summed E-state index contributed by atoms with van der Waals surface area (Å²) in [4.78, 5) is 16.1. The van der Waals surface area contributed by atoms with E-state index in [2.05, 4.69) is 15.6 Å². The van der Waals surface area contributed by atoms with Crippen LogP contribution in [0.2, 0.25) is 0 Å². The smallest absolute Gasteiger partial charge is 0.263 e. The van der Waals surface area contributed by atoms with Gasteiger partial charge in [-0.3, -0.25) is 4.79 Å². The Kier molecular flexibility index (Phi) is 4.40. The van der Waals surface area contributed by atoms with Crippen LogP contribution in [0.5, 0.6) is 0 Å². The van der Waals surface area contributed by atoms with Gasteiger partial charge in [-0.25, -0.2) is 4.98 Å². The van der Waals surface area contributed by atoms with E-state index in [1.54, 1.807) is 25.6 Å². The average molecular weight is 279 g/mol. The Bertz CT molecular complexity index is 534. The molecule has 2 rings (SSSR count). The van der Waals surface area contributed by atoms with Crippen LogP contribution < -0.4 is 16.4 Å². The molecule has 7 heteroatoms. The van der Waals surface area contributed by atoms with Gasteiger partial charge in [0.05, 0.1) is 17.0 Å². The average Bonchev–Trinajstić information content (AvgIpc) is 3.03. The van der Waals surface area contributed by atoms with Crippen molar-refractivity contribution in [1.82, 2.24) is 14.9 Å². The lowest BCUT2D eigenvalue weighted by atomic mass is 10.3. The number of anilines is 2. The molecule has 0 saturated carbocycles. The molecule has 0 aliphatic rings. The number of aryl methyl sites for hydroxylation is 1. The fourth-order valence-electron chi connectivity index (χ4n) is 1.68. The van der Waals surface area contributed by atoms with E-state index in [1.807, 2.05) is 10.8 Å². The maximum absolute atomic E-state index is 11.5. The Morgan fingerprint density at radius 3 is 3.11 bits per heavy atom. The fourth-order valence-corrected chi connectivity index (χ4v) is 2.63. The Balaban J connectivity index is 1.81. The second kappa shape index (κ2) is 6.24. The number of rotatable bonds is 6. The molecule has 2 heterocycles. The van der Waals surface area contributed by atoms with E-state index in [9.17, 15) is 4.79 Å². The lowest BCUT2D eigenvalue weighted by Gasteiger charge is -2.03. The number of nitrogens with one attached hydrogen (secondary N) is 2. The number of hydrogen-bond acceptors (Lipinski definition) is 5. The second-order valence-corrected chi connectivity index (χ2v) is 5.11. The van der Waals surface area contributed by atoms with E-state index >= 15 is 0 Å². The number of carbonyl (C=O) groups excluding carboxylic acids is 1. The molecule has 2 aromatic heterocycles. The van der Waals surface area contributed by atoms with Crippen LogP contribution in [0.3, 0.4) is 0 Å². The lowest BCUT2D eigenvalue weighted by molar-refractivity contribution is 0.0968. The summed E-state index contributed by atoms with van der Waals surface area (Å²) in [5.41, 5.74) is 6.31. The molecule has 6 nitrogen and oxygen atoms in total. The van der Waals surface area contributed by atoms with Gasteiger partial charge in [0.15, 0.2) is 0 Å². The van der Waals surface area contributed by atoms with Gasteiger partial charge in [0.25, 0.3) is 5.91 Å². The minimum absolute atomic E-state index is 0.144. The summed E-state index contributed by atoms with van der Waals surface area (Å²) >= 11 is 1.37. The van der Waals surface area contributed by atoms with Gasteiger partial charge in [-0.15, -0.1) is 11.3 Å². The number of amides is 1. The summed E-state index contributed by atoms with van der Waals surface area (Å²) in [6.45, 7) is 1.74. The minimum atomic E-state index is -0.144. The first-order chi connectivity index (χ1) is 9.20. The van der Waals surface area contributed by atoms with Gasteiger partial charge < -0.3 is 20.9 Å². The number of nitrogens with zero attached hydrogens (tertiary/aromatic N) is 2. The Hall–Kier alpha value is -2.02. The number of nitrogens with two attached hydrogens (primary N) is 1. The van der Waals surface area contributed by atoms with E-state index in [0.717, 1.165) is 24.5 Å². The zero-order chi connectivity index (χ0) is 13.7. The van der Waals surface area contributed by atoms with E-state index in [-0.39, 0.29) is 5.91 Å². The van der Waals surface area contributed by atoms with Gasteiger partial charge in [0.1, 0.15) is 4.88 Å². The molecule has 0 saturated heterocycles. The highest BCUT2D eigenvalue weighted by Gasteiger charge is 2.12. The summed E-state index contributed by atoms with van der Waals surface area (Å²) in [5, 5.41) is 6.76. The normalized spacial score (nSPS) is 10.4. The zero-order valence-electron chi connectivity index (χ0n) is 10.7. The Labute approximate surface area is 115 Å². The zero-order valence-corrected chi connectivity index (χ0v) is 11.5. The second-order valence-electron chi connectivity index (χ2n) is 4.06. The van der Waals surface area contributed by atoms with Crippen molar-refractivity contribution in [2.45, 2.75) is 13.0 Å². The van der Waals surface area contributed by atoms with Gasteiger partial charge in [0.2, 0.25) is 0 Å².